The molecule has 194 valence electrons. The van der Waals surface area contributed by atoms with Crippen molar-refractivity contribution >= 4 is 18.8 Å². The number of imidazole rings is 1. The molecule has 0 saturated carbocycles. The van der Waals surface area contributed by atoms with Crippen LogP contribution in [-0.2, 0) is 0 Å². The lowest BCUT2D eigenvalue weighted by Crippen LogP contribution is -2.47. The van der Waals surface area contributed by atoms with E-state index in [4.69, 9.17) is 4.98 Å². The van der Waals surface area contributed by atoms with Crippen molar-refractivity contribution in [1.29, 1.82) is 0 Å². The summed E-state index contributed by atoms with van der Waals surface area (Å²) < 4.78 is 28.6. The van der Waals surface area contributed by atoms with E-state index in [9.17, 15) is 8.63 Å². The number of halogens is 2. The summed E-state index contributed by atoms with van der Waals surface area (Å²) in [5, 5.41) is 0. The Balaban J connectivity index is 1.39. The first-order chi connectivity index (χ1) is 18.7. The van der Waals surface area contributed by atoms with Gasteiger partial charge >= 0.3 is 7.40 Å². The predicted octanol–water partition coefficient (Wildman–Crippen LogP) is 6.45. The van der Waals surface area contributed by atoms with Gasteiger partial charge in [-0.3, -0.25) is 0 Å². The lowest BCUT2D eigenvalue weighted by atomic mass is 10.0. The molecule has 0 radical (unpaired) electrons. The molecule has 8 heteroatoms. The zero-order valence-electron chi connectivity index (χ0n) is 21.6. The summed E-state index contributed by atoms with van der Waals surface area (Å²) in [6.07, 6.45) is 8.89. The van der Waals surface area contributed by atoms with E-state index in [0.717, 1.165) is 53.2 Å². The van der Waals surface area contributed by atoms with Gasteiger partial charge in [-0.1, -0.05) is 24.3 Å². The molecule has 2 aromatic heterocycles. The topological polar surface area (TPSA) is 39.0 Å². The third-order valence-electron chi connectivity index (χ3n) is 7.79. The van der Waals surface area contributed by atoms with Crippen LogP contribution in [0.1, 0.15) is 38.5 Å². The predicted molar refractivity (Wildman–Crippen MR) is 151 cm³/mol. The summed E-state index contributed by atoms with van der Waals surface area (Å²) in [5.41, 5.74) is 6.34. The molecular formula is C30H33BF2N5+. The molecule has 0 bridgehead atoms. The van der Waals surface area contributed by atoms with Crippen LogP contribution in [0, 0.1) is 0 Å². The second-order valence-corrected chi connectivity index (χ2v) is 10.3. The number of aromatic nitrogens is 3. The highest BCUT2D eigenvalue weighted by atomic mass is 19.2. The lowest BCUT2D eigenvalue weighted by molar-refractivity contribution is -0.542. The van der Waals surface area contributed by atoms with Gasteiger partial charge in [-0.15, -0.1) is 0 Å². The molecule has 0 spiro atoms. The van der Waals surface area contributed by atoms with Crippen molar-refractivity contribution in [3.05, 3.63) is 72.9 Å². The molecule has 2 aliphatic heterocycles. The van der Waals surface area contributed by atoms with Gasteiger partial charge in [0, 0.05) is 54.7 Å². The Morgan fingerprint density at radius 3 is 1.79 bits per heavy atom. The third-order valence-corrected chi connectivity index (χ3v) is 7.79. The summed E-state index contributed by atoms with van der Waals surface area (Å²) in [5.74, 6) is 0.427. The van der Waals surface area contributed by atoms with E-state index in [1.165, 1.54) is 56.1 Å². The fourth-order valence-electron chi connectivity index (χ4n) is 5.71. The van der Waals surface area contributed by atoms with Gasteiger partial charge in [-0.05, 0) is 74.9 Å². The van der Waals surface area contributed by atoms with Crippen LogP contribution >= 0.6 is 0 Å². The maximum atomic E-state index is 13.8. The highest BCUT2D eigenvalue weighted by Crippen LogP contribution is 2.35. The Bertz CT molecular complexity index is 1280. The summed E-state index contributed by atoms with van der Waals surface area (Å²) in [7, 11) is -2.66. The summed E-state index contributed by atoms with van der Waals surface area (Å²) in [6.45, 7) is 4.35. The quantitative estimate of drug-likeness (QED) is 0.302. The minimum Gasteiger partial charge on any atom is -0.372 e. The van der Waals surface area contributed by atoms with Crippen molar-refractivity contribution in [3.63, 3.8) is 0 Å². The number of nitrogens with zero attached hydrogens (tertiary/aromatic N) is 4. The highest BCUT2D eigenvalue weighted by molar-refractivity contribution is 6.32. The average Bonchev–Trinajstić information content (AvgIpc) is 3.44. The molecule has 0 amide bonds. The second-order valence-electron chi connectivity index (χ2n) is 10.3. The van der Waals surface area contributed by atoms with Gasteiger partial charge in [0.1, 0.15) is 6.20 Å². The number of H-pyrrole nitrogens is 1. The number of pyridine rings is 1. The maximum Gasteiger partial charge on any atom is 0.934 e. The highest BCUT2D eigenvalue weighted by Gasteiger charge is 2.36. The number of nitrogens with one attached hydrogen (secondary N) is 1. The van der Waals surface area contributed by atoms with Crippen molar-refractivity contribution in [1.82, 2.24) is 9.97 Å². The van der Waals surface area contributed by atoms with E-state index < -0.39 is 7.40 Å². The number of hydrogen-bond acceptors (Lipinski definition) is 3. The van der Waals surface area contributed by atoms with Crippen LogP contribution in [0.15, 0.2) is 72.9 Å². The molecule has 2 saturated heterocycles. The summed E-state index contributed by atoms with van der Waals surface area (Å²) >= 11 is 0. The monoisotopic (exact) mass is 512 g/mol. The molecule has 1 N–H and O–H groups in total. The van der Waals surface area contributed by atoms with E-state index in [1.807, 2.05) is 0 Å². The molecule has 2 aliphatic rings. The van der Waals surface area contributed by atoms with Gasteiger partial charge in [-0.2, -0.15) is 0 Å². The van der Waals surface area contributed by atoms with Gasteiger partial charge < -0.3 is 14.8 Å². The van der Waals surface area contributed by atoms with Crippen LogP contribution in [0.25, 0.3) is 34.0 Å². The van der Waals surface area contributed by atoms with Gasteiger partial charge in [0.25, 0.3) is 0 Å². The van der Waals surface area contributed by atoms with Crippen molar-refractivity contribution in [3.8, 4) is 34.0 Å². The smallest absolute Gasteiger partial charge is 0.372 e. The molecule has 0 atom stereocenters. The zero-order chi connectivity index (χ0) is 25.9. The minimum absolute atomic E-state index is 0.352. The first kappa shape index (κ1) is 24.6. The Morgan fingerprint density at radius 2 is 1.24 bits per heavy atom. The normalized spacial score (nSPS) is 16.1. The van der Waals surface area contributed by atoms with Crippen LogP contribution in [0.4, 0.5) is 20.0 Å². The first-order valence-corrected chi connectivity index (χ1v) is 13.8. The Hall–Kier alpha value is -3.68. The van der Waals surface area contributed by atoms with Crippen LogP contribution in [0.5, 0.6) is 0 Å². The van der Waals surface area contributed by atoms with Crippen molar-refractivity contribution < 1.29 is 13.1 Å². The number of hydrogen-bond donors (Lipinski definition) is 1. The molecule has 4 aromatic rings. The molecule has 2 aromatic carbocycles. The Morgan fingerprint density at radius 1 is 0.684 bits per heavy atom. The molecule has 0 unspecified atom stereocenters. The Labute approximate surface area is 223 Å². The largest absolute Gasteiger partial charge is 0.934 e. The van der Waals surface area contributed by atoms with Crippen LogP contribution < -0.4 is 14.3 Å². The second kappa shape index (κ2) is 11.0. The summed E-state index contributed by atoms with van der Waals surface area (Å²) in [4.78, 5) is 13.1. The molecule has 4 heterocycles. The number of benzene rings is 2. The lowest BCUT2D eigenvalue weighted by Gasteiger charge is -2.29. The van der Waals surface area contributed by atoms with Crippen molar-refractivity contribution in [2.45, 2.75) is 38.5 Å². The number of anilines is 2. The van der Waals surface area contributed by atoms with Crippen LogP contribution in [0.3, 0.4) is 0 Å². The third kappa shape index (κ3) is 5.04. The maximum absolute atomic E-state index is 13.8. The average molecular weight is 512 g/mol. The summed E-state index contributed by atoms with van der Waals surface area (Å²) in [6, 6.07) is 22.1. The number of piperidine rings is 2. The van der Waals surface area contributed by atoms with Gasteiger partial charge in [0.15, 0.2) is 0 Å². The fourth-order valence-corrected chi connectivity index (χ4v) is 5.71. The van der Waals surface area contributed by atoms with Crippen LogP contribution in [0.2, 0.25) is 0 Å². The fraction of sp³-hybridized carbons (Fsp3) is 0.333. The van der Waals surface area contributed by atoms with Crippen molar-refractivity contribution in [2.75, 3.05) is 36.0 Å². The van der Waals surface area contributed by atoms with Gasteiger partial charge in [0.05, 0.1) is 11.4 Å². The molecular weight excluding hydrogens is 479 g/mol. The molecule has 6 rings (SSSR count). The SMILES string of the molecule is FB(F)[n+]1ccccc1-c1nc(-c2ccc(N3CCCCC3)cc2)c(-c2ccc(N3CCCCC3)cc2)[nH]1. The van der Waals surface area contributed by atoms with Gasteiger partial charge in [-0.25, -0.2) is 18.1 Å². The van der Waals surface area contributed by atoms with Crippen LogP contribution in [-0.4, -0.2) is 43.5 Å². The number of rotatable bonds is 6. The molecule has 2 fully saturated rings. The zero-order valence-corrected chi connectivity index (χ0v) is 21.6. The van der Waals surface area contributed by atoms with Gasteiger partial charge in [0.2, 0.25) is 11.5 Å². The van der Waals surface area contributed by atoms with E-state index in [0.29, 0.717) is 11.5 Å². The Kier molecular flexibility index (Phi) is 7.12. The molecule has 0 aliphatic carbocycles. The van der Waals surface area contributed by atoms with E-state index in [2.05, 4.69) is 63.3 Å². The minimum atomic E-state index is -2.66. The standard InChI is InChI=1S/C30H32BF2N5/c32-31(33)38-22-8-3-9-27(38)30-34-28(23-10-14-25(15-11-23)36-18-4-1-5-19-36)29(35-30)24-12-16-26(17-13-24)37-20-6-2-7-21-37/h3,8-17,22H,1-2,4-7,18-21H2/p+1. The van der Waals surface area contributed by atoms with E-state index in [1.54, 1.807) is 18.2 Å². The van der Waals surface area contributed by atoms with Crippen molar-refractivity contribution in [2.24, 2.45) is 0 Å². The van der Waals surface area contributed by atoms with E-state index >= 15 is 0 Å². The molecule has 38 heavy (non-hydrogen) atoms. The number of aromatic amines is 1. The van der Waals surface area contributed by atoms with E-state index in [-0.39, 0.29) is 0 Å². The molecule has 5 nitrogen and oxygen atoms in total. The first-order valence-electron chi connectivity index (χ1n) is 13.8.